The van der Waals surface area contributed by atoms with Crippen LogP contribution in [0.5, 0.6) is 0 Å². The molecule has 0 aliphatic carbocycles. The van der Waals surface area contributed by atoms with Crippen LogP contribution in [0.2, 0.25) is 5.15 Å². The molecule has 1 heterocycles. The van der Waals surface area contributed by atoms with E-state index in [2.05, 4.69) is 15.5 Å². The normalized spacial score (nSPS) is 11.5. The van der Waals surface area contributed by atoms with E-state index in [1.54, 1.807) is 0 Å². The molecule has 0 aliphatic rings. The number of sulfonamides is 1. The molecular weight excluding hydrogens is 264 g/mol. The summed E-state index contributed by atoms with van der Waals surface area (Å²) in [6, 6.07) is 0. The third-order valence-electron chi connectivity index (χ3n) is 2.36. The van der Waals surface area contributed by atoms with E-state index in [1.807, 2.05) is 13.8 Å². The number of anilines is 1. The monoisotopic (exact) mass is 278 g/mol. The number of hydrogen-bond acceptors (Lipinski definition) is 5. The molecule has 0 saturated heterocycles. The third kappa shape index (κ3) is 4.45. The lowest BCUT2D eigenvalue weighted by atomic mass is 10.2. The molecule has 0 unspecified atom stereocenters. The number of halogens is 1. The van der Waals surface area contributed by atoms with Crippen molar-refractivity contribution in [2.45, 2.75) is 20.3 Å². The maximum Gasteiger partial charge on any atom is 0.209 e. The summed E-state index contributed by atoms with van der Waals surface area (Å²) in [6.07, 6.45) is 0.418. The number of hydrogen-bond donors (Lipinski definition) is 2. The summed E-state index contributed by atoms with van der Waals surface area (Å²) in [5.74, 6) is 0.556. The van der Waals surface area contributed by atoms with Crippen LogP contribution < -0.4 is 10.5 Å². The van der Waals surface area contributed by atoms with Gasteiger partial charge in [-0.3, -0.25) is 0 Å². The summed E-state index contributed by atoms with van der Waals surface area (Å²) in [7, 11) is -3.40. The zero-order chi connectivity index (χ0) is 13.1. The average molecular weight is 279 g/mol. The molecule has 0 amide bonds. The van der Waals surface area contributed by atoms with Gasteiger partial charge in [0, 0.05) is 6.54 Å². The minimum Gasteiger partial charge on any atom is -0.368 e. The van der Waals surface area contributed by atoms with Gasteiger partial charge in [0.1, 0.15) is 0 Å². The van der Waals surface area contributed by atoms with Crippen LogP contribution in [0.15, 0.2) is 0 Å². The summed E-state index contributed by atoms with van der Waals surface area (Å²) in [4.78, 5) is 0. The summed E-state index contributed by atoms with van der Waals surface area (Å²) in [5, 5.41) is 15.9. The Balaban J connectivity index is 2.56. The standard InChI is InChI=1S/C9H15ClN4O2S/c1-6-7(2)9(14-13-8(6)10)12-4-3-5-17(11,15)16/h3-5H2,1-2H3,(H,12,14)(H2,11,15,16). The second-order valence-corrected chi connectivity index (χ2v) is 5.83. The summed E-state index contributed by atoms with van der Waals surface area (Å²) in [6.45, 7) is 4.19. The molecule has 0 bridgehead atoms. The van der Waals surface area contributed by atoms with Crippen molar-refractivity contribution in [1.29, 1.82) is 0 Å². The van der Waals surface area contributed by atoms with Gasteiger partial charge in [0.15, 0.2) is 11.0 Å². The number of nitrogens with zero attached hydrogens (tertiary/aromatic N) is 2. The van der Waals surface area contributed by atoms with E-state index in [-0.39, 0.29) is 5.75 Å². The lowest BCUT2D eigenvalue weighted by molar-refractivity contribution is 0.595. The van der Waals surface area contributed by atoms with Gasteiger partial charge in [0.2, 0.25) is 10.0 Å². The van der Waals surface area contributed by atoms with Gasteiger partial charge in [-0.25, -0.2) is 13.6 Å². The van der Waals surface area contributed by atoms with Gasteiger partial charge in [-0.15, -0.1) is 10.2 Å². The fourth-order valence-electron chi connectivity index (χ4n) is 1.22. The van der Waals surface area contributed by atoms with Crippen molar-refractivity contribution in [2.75, 3.05) is 17.6 Å². The van der Waals surface area contributed by atoms with E-state index >= 15 is 0 Å². The van der Waals surface area contributed by atoms with Crippen LogP contribution >= 0.6 is 11.6 Å². The van der Waals surface area contributed by atoms with Crippen molar-refractivity contribution >= 4 is 27.4 Å². The molecule has 1 rings (SSSR count). The fourth-order valence-corrected chi connectivity index (χ4v) is 1.95. The van der Waals surface area contributed by atoms with E-state index < -0.39 is 10.0 Å². The Morgan fingerprint density at radius 3 is 2.53 bits per heavy atom. The second-order valence-electron chi connectivity index (χ2n) is 3.74. The summed E-state index contributed by atoms with van der Waals surface area (Å²) >= 11 is 5.81. The molecule has 6 nitrogen and oxygen atoms in total. The Kier molecular flexibility index (Phi) is 4.67. The maximum absolute atomic E-state index is 10.7. The third-order valence-corrected chi connectivity index (χ3v) is 3.58. The molecule has 0 fully saturated rings. The van der Waals surface area contributed by atoms with Crippen LogP contribution in [0.25, 0.3) is 0 Å². The van der Waals surface area contributed by atoms with Crippen molar-refractivity contribution in [3.63, 3.8) is 0 Å². The maximum atomic E-state index is 10.7. The highest BCUT2D eigenvalue weighted by atomic mass is 35.5. The van der Waals surface area contributed by atoms with Gasteiger partial charge in [0.05, 0.1) is 5.75 Å². The smallest absolute Gasteiger partial charge is 0.209 e. The van der Waals surface area contributed by atoms with Crippen LogP contribution in [0.4, 0.5) is 5.82 Å². The molecule has 0 atom stereocenters. The van der Waals surface area contributed by atoms with E-state index in [4.69, 9.17) is 16.7 Å². The molecule has 96 valence electrons. The first-order valence-corrected chi connectivity index (χ1v) is 7.14. The highest BCUT2D eigenvalue weighted by Crippen LogP contribution is 2.20. The lowest BCUT2D eigenvalue weighted by Gasteiger charge is -2.09. The van der Waals surface area contributed by atoms with Gasteiger partial charge < -0.3 is 5.32 Å². The SMILES string of the molecule is Cc1c(Cl)nnc(NCCCS(N)(=O)=O)c1C. The summed E-state index contributed by atoms with van der Waals surface area (Å²) < 4.78 is 21.4. The number of nitrogens with two attached hydrogens (primary N) is 1. The van der Waals surface area contributed by atoms with E-state index in [0.717, 1.165) is 11.1 Å². The van der Waals surface area contributed by atoms with Crippen molar-refractivity contribution in [3.8, 4) is 0 Å². The quantitative estimate of drug-likeness (QED) is 0.778. The Hall–Kier alpha value is -0.920. The Bertz CT molecular complexity index is 504. The zero-order valence-corrected chi connectivity index (χ0v) is 11.3. The van der Waals surface area contributed by atoms with Crippen LogP contribution in [-0.2, 0) is 10.0 Å². The molecule has 0 saturated carbocycles. The minimum atomic E-state index is -3.40. The average Bonchev–Trinajstić information content (AvgIpc) is 2.22. The van der Waals surface area contributed by atoms with Gasteiger partial charge in [-0.05, 0) is 31.4 Å². The molecule has 0 radical (unpaired) electrons. The highest BCUT2D eigenvalue weighted by molar-refractivity contribution is 7.89. The number of rotatable bonds is 5. The molecule has 3 N–H and O–H groups in total. The predicted octanol–water partition coefficient (Wildman–Crippen LogP) is 0.837. The van der Waals surface area contributed by atoms with Gasteiger partial charge in [-0.1, -0.05) is 11.6 Å². The first-order valence-electron chi connectivity index (χ1n) is 5.05. The molecule has 0 aliphatic heterocycles. The van der Waals surface area contributed by atoms with E-state index in [9.17, 15) is 8.42 Å². The van der Waals surface area contributed by atoms with E-state index in [0.29, 0.717) is 23.9 Å². The van der Waals surface area contributed by atoms with Gasteiger partial charge in [-0.2, -0.15) is 0 Å². The number of nitrogens with one attached hydrogen (secondary N) is 1. The van der Waals surface area contributed by atoms with Crippen LogP contribution in [0, 0.1) is 13.8 Å². The molecule has 0 aromatic carbocycles. The molecule has 8 heteroatoms. The fraction of sp³-hybridized carbons (Fsp3) is 0.556. The highest BCUT2D eigenvalue weighted by Gasteiger charge is 2.08. The van der Waals surface area contributed by atoms with Crippen molar-refractivity contribution < 1.29 is 8.42 Å². The van der Waals surface area contributed by atoms with Crippen LogP contribution in [0.1, 0.15) is 17.5 Å². The predicted molar refractivity (Wildman–Crippen MR) is 67.6 cm³/mol. The molecule has 1 aromatic heterocycles. The molecule has 0 spiro atoms. The molecular formula is C9H15ClN4O2S. The molecule has 17 heavy (non-hydrogen) atoms. The Labute approximate surface area is 106 Å². The van der Waals surface area contributed by atoms with Crippen LogP contribution in [-0.4, -0.2) is 30.9 Å². The topological polar surface area (TPSA) is 98.0 Å². The van der Waals surface area contributed by atoms with Crippen molar-refractivity contribution in [1.82, 2.24) is 10.2 Å². The van der Waals surface area contributed by atoms with Crippen molar-refractivity contribution in [3.05, 3.63) is 16.3 Å². The summed E-state index contributed by atoms with van der Waals surface area (Å²) in [5.41, 5.74) is 1.76. The second kappa shape index (κ2) is 5.61. The van der Waals surface area contributed by atoms with Gasteiger partial charge in [0.25, 0.3) is 0 Å². The molecule has 1 aromatic rings. The Morgan fingerprint density at radius 1 is 1.29 bits per heavy atom. The first kappa shape index (κ1) is 14.1. The van der Waals surface area contributed by atoms with Gasteiger partial charge >= 0.3 is 0 Å². The largest absolute Gasteiger partial charge is 0.368 e. The lowest BCUT2D eigenvalue weighted by Crippen LogP contribution is -2.19. The number of primary sulfonamides is 1. The van der Waals surface area contributed by atoms with Crippen molar-refractivity contribution in [2.24, 2.45) is 5.14 Å². The Morgan fingerprint density at radius 2 is 1.94 bits per heavy atom. The van der Waals surface area contributed by atoms with E-state index in [1.165, 1.54) is 0 Å². The minimum absolute atomic E-state index is 0.0565. The zero-order valence-electron chi connectivity index (χ0n) is 9.70. The van der Waals surface area contributed by atoms with Crippen LogP contribution in [0.3, 0.4) is 0 Å². The number of aromatic nitrogens is 2. The first-order chi connectivity index (χ1) is 7.81.